The molecule has 0 fully saturated rings. The van der Waals surface area contributed by atoms with E-state index in [1.807, 2.05) is 24.3 Å². The standard InChI is InChI=1S/C13H10O2.Mn/c14-11-6-5-10-7-9-3-1-2-4-12(9)15-13(10)8-11;/h1-6,8,14H,7H2;. The smallest absolute Gasteiger partial charge is 0.134 e. The zero-order valence-corrected chi connectivity index (χ0v) is 9.66. The van der Waals surface area contributed by atoms with Gasteiger partial charge in [0.2, 0.25) is 0 Å². The maximum atomic E-state index is 9.36. The molecule has 81 valence electrons. The molecular weight excluding hydrogens is 243 g/mol. The molecule has 0 aliphatic carbocycles. The Kier molecular flexibility index (Phi) is 2.90. The van der Waals surface area contributed by atoms with Crippen molar-refractivity contribution in [1.29, 1.82) is 0 Å². The quantitative estimate of drug-likeness (QED) is 0.624. The molecule has 1 aliphatic heterocycles. The maximum Gasteiger partial charge on any atom is 0.134 e. The summed E-state index contributed by atoms with van der Waals surface area (Å²) >= 11 is 0. The molecular formula is C13H10MnO2. The fraction of sp³-hybridized carbons (Fsp3) is 0.0769. The second kappa shape index (κ2) is 4.20. The molecule has 16 heavy (non-hydrogen) atoms. The van der Waals surface area contributed by atoms with Crippen molar-refractivity contribution in [3.05, 3.63) is 53.6 Å². The molecule has 1 aliphatic rings. The van der Waals surface area contributed by atoms with Gasteiger partial charge < -0.3 is 9.84 Å². The van der Waals surface area contributed by atoms with Crippen LogP contribution in [0.4, 0.5) is 0 Å². The van der Waals surface area contributed by atoms with Crippen LogP contribution in [0.3, 0.4) is 0 Å². The number of fused-ring (bicyclic) bond motifs is 2. The Bertz CT molecular complexity index is 523. The Morgan fingerprint density at radius 2 is 1.69 bits per heavy atom. The second-order valence-electron chi connectivity index (χ2n) is 3.68. The summed E-state index contributed by atoms with van der Waals surface area (Å²) in [5.41, 5.74) is 2.31. The van der Waals surface area contributed by atoms with E-state index in [0.717, 1.165) is 23.5 Å². The van der Waals surface area contributed by atoms with Crippen LogP contribution >= 0.6 is 0 Å². The number of hydrogen-bond acceptors (Lipinski definition) is 2. The van der Waals surface area contributed by atoms with Gasteiger partial charge >= 0.3 is 0 Å². The Labute approximate surface area is 104 Å². The van der Waals surface area contributed by atoms with Crippen molar-refractivity contribution in [2.45, 2.75) is 6.42 Å². The van der Waals surface area contributed by atoms with Crippen molar-refractivity contribution in [3.8, 4) is 17.2 Å². The summed E-state index contributed by atoms with van der Waals surface area (Å²) in [6.45, 7) is 0. The van der Waals surface area contributed by atoms with Crippen LogP contribution < -0.4 is 4.74 Å². The average Bonchev–Trinajstić information content (AvgIpc) is 2.26. The van der Waals surface area contributed by atoms with Gasteiger partial charge in [-0.3, -0.25) is 0 Å². The fourth-order valence-corrected chi connectivity index (χ4v) is 1.86. The van der Waals surface area contributed by atoms with Gasteiger partial charge in [-0.1, -0.05) is 24.3 Å². The Hall–Kier alpha value is -1.44. The van der Waals surface area contributed by atoms with Crippen molar-refractivity contribution < 1.29 is 26.9 Å². The molecule has 1 radical (unpaired) electrons. The minimum atomic E-state index is 0. The topological polar surface area (TPSA) is 29.5 Å². The molecule has 1 N–H and O–H groups in total. The SMILES string of the molecule is Oc1ccc2c(c1)Oc1ccccc1C2.[Mn]. The summed E-state index contributed by atoms with van der Waals surface area (Å²) in [5, 5.41) is 9.36. The zero-order valence-electron chi connectivity index (χ0n) is 8.48. The molecule has 2 nitrogen and oxygen atoms in total. The summed E-state index contributed by atoms with van der Waals surface area (Å²) in [5.74, 6) is 1.89. The molecule has 3 rings (SSSR count). The van der Waals surface area contributed by atoms with E-state index in [1.165, 1.54) is 5.56 Å². The molecule has 0 aromatic heterocycles. The van der Waals surface area contributed by atoms with Crippen LogP contribution in [0.1, 0.15) is 11.1 Å². The fourth-order valence-electron chi connectivity index (χ4n) is 1.86. The summed E-state index contributed by atoms with van der Waals surface area (Å²) in [7, 11) is 0. The Balaban J connectivity index is 0.000000963. The molecule has 0 saturated carbocycles. The van der Waals surface area contributed by atoms with Crippen LogP contribution in [0.5, 0.6) is 17.2 Å². The molecule has 1 heterocycles. The number of rotatable bonds is 0. The van der Waals surface area contributed by atoms with Gasteiger partial charge in [0, 0.05) is 29.6 Å². The van der Waals surface area contributed by atoms with Crippen LogP contribution in [0.25, 0.3) is 0 Å². The molecule has 0 spiro atoms. The molecule has 2 aromatic rings. The van der Waals surface area contributed by atoms with E-state index in [4.69, 9.17) is 4.74 Å². The van der Waals surface area contributed by atoms with E-state index >= 15 is 0 Å². The summed E-state index contributed by atoms with van der Waals surface area (Å²) in [6.07, 6.45) is 0.867. The van der Waals surface area contributed by atoms with Gasteiger partial charge in [0.15, 0.2) is 0 Å². The van der Waals surface area contributed by atoms with Gasteiger partial charge in [0.25, 0.3) is 0 Å². The van der Waals surface area contributed by atoms with Crippen molar-refractivity contribution in [2.24, 2.45) is 0 Å². The van der Waals surface area contributed by atoms with Gasteiger partial charge in [-0.05, 0) is 23.3 Å². The third-order valence-corrected chi connectivity index (χ3v) is 2.62. The molecule has 2 aromatic carbocycles. The summed E-state index contributed by atoms with van der Waals surface area (Å²) in [6, 6.07) is 13.2. The molecule has 0 saturated heterocycles. The van der Waals surface area contributed by atoms with Crippen LogP contribution in [0.2, 0.25) is 0 Å². The van der Waals surface area contributed by atoms with E-state index in [2.05, 4.69) is 6.07 Å². The van der Waals surface area contributed by atoms with E-state index in [9.17, 15) is 5.11 Å². The number of phenolic OH excluding ortho intramolecular Hbond substituents is 1. The summed E-state index contributed by atoms with van der Waals surface area (Å²) < 4.78 is 5.70. The van der Waals surface area contributed by atoms with Crippen molar-refractivity contribution in [2.75, 3.05) is 0 Å². The number of aromatic hydroxyl groups is 1. The van der Waals surface area contributed by atoms with E-state index in [1.54, 1.807) is 12.1 Å². The minimum Gasteiger partial charge on any atom is -0.508 e. The third kappa shape index (κ3) is 1.80. The number of para-hydroxylation sites is 1. The van der Waals surface area contributed by atoms with E-state index in [0.29, 0.717) is 0 Å². The maximum absolute atomic E-state index is 9.36. The van der Waals surface area contributed by atoms with Crippen molar-refractivity contribution >= 4 is 0 Å². The summed E-state index contributed by atoms with van der Waals surface area (Å²) in [4.78, 5) is 0. The first-order valence-corrected chi connectivity index (χ1v) is 4.90. The predicted molar refractivity (Wildman–Crippen MR) is 57.4 cm³/mol. The third-order valence-electron chi connectivity index (χ3n) is 2.62. The normalized spacial score (nSPS) is 11.8. The van der Waals surface area contributed by atoms with Gasteiger partial charge in [-0.2, -0.15) is 0 Å². The molecule has 0 unspecified atom stereocenters. The van der Waals surface area contributed by atoms with Gasteiger partial charge in [0.1, 0.15) is 17.2 Å². The van der Waals surface area contributed by atoms with Crippen LogP contribution in [-0.4, -0.2) is 5.11 Å². The largest absolute Gasteiger partial charge is 0.508 e. The zero-order chi connectivity index (χ0) is 10.3. The van der Waals surface area contributed by atoms with E-state index in [-0.39, 0.29) is 22.8 Å². The first kappa shape index (κ1) is 11.1. The number of hydrogen-bond donors (Lipinski definition) is 1. The first-order valence-electron chi connectivity index (χ1n) is 4.90. The van der Waals surface area contributed by atoms with Crippen LogP contribution in [0.15, 0.2) is 42.5 Å². The van der Waals surface area contributed by atoms with Gasteiger partial charge in [-0.25, -0.2) is 0 Å². The van der Waals surface area contributed by atoms with Crippen molar-refractivity contribution in [1.82, 2.24) is 0 Å². The van der Waals surface area contributed by atoms with E-state index < -0.39 is 0 Å². The number of ether oxygens (including phenoxy) is 1. The second-order valence-corrected chi connectivity index (χ2v) is 3.68. The number of benzene rings is 2. The molecule has 3 heteroatoms. The number of phenols is 1. The molecule has 0 bridgehead atoms. The Morgan fingerprint density at radius 3 is 2.56 bits per heavy atom. The van der Waals surface area contributed by atoms with Crippen molar-refractivity contribution in [3.63, 3.8) is 0 Å². The minimum absolute atomic E-state index is 0. The monoisotopic (exact) mass is 253 g/mol. The average molecular weight is 253 g/mol. The van der Waals surface area contributed by atoms with Gasteiger partial charge in [-0.15, -0.1) is 0 Å². The molecule has 0 atom stereocenters. The first-order chi connectivity index (χ1) is 7.33. The predicted octanol–water partition coefficient (Wildman–Crippen LogP) is 3.09. The van der Waals surface area contributed by atoms with Crippen LogP contribution in [0, 0.1) is 0 Å². The van der Waals surface area contributed by atoms with Crippen LogP contribution in [-0.2, 0) is 23.5 Å². The molecule has 0 amide bonds. The van der Waals surface area contributed by atoms with Gasteiger partial charge in [0.05, 0.1) is 0 Å². The Morgan fingerprint density at radius 1 is 0.938 bits per heavy atom.